The van der Waals surface area contributed by atoms with Crippen LogP contribution in [0.5, 0.6) is 0 Å². The molecular weight excluding hydrogens is 226 g/mol. The highest BCUT2D eigenvalue weighted by Crippen LogP contribution is 2.24. The Balaban J connectivity index is 1.91. The molecule has 3 N–H and O–H groups in total. The first-order chi connectivity index (χ1) is 8.66. The molecule has 4 nitrogen and oxygen atoms in total. The third-order valence-electron chi connectivity index (χ3n) is 3.58. The lowest BCUT2D eigenvalue weighted by Crippen LogP contribution is -2.38. The van der Waals surface area contributed by atoms with Gasteiger partial charge in [0.05, 0.1) is 11.7 Å². The van der Waals surface area contributed by atoms with Gasteiger partial charge in [0.15, 0.2) is 0 Å². The van der Waals surface area contributed by atoms with Gasteiger partial charge in [-0.1, -0.05) is 12.5 Å². The van der Waals surface area contributed by atoms with Gasteiger partial charge in [-0.3, -0.25) is 9.78 Å². The topological polar surface area (TPSA) is 68.0 Å². The average molecular weight is 247 g/mol. The summed E-state index contributed by atoms with van der Waals surface area (Å²) in [6.07, 6.45) is 5.60. The van der Waals surface area contributed by atoms with Crippen LogP contribution in [0.15, 0.2) is 24.4 Å². The van der Waals surface area contributed by atoms with Crippen molar-refractivity contribution in [1.82, 2.24) is 10.3 Å². The fourth-order valence-corrected chi connectivity index (χ4v) is 2.50. The number of hydrogen-bond acceptors (Lipinski definition) is 3. The van der Waals surface area contributed by atoms with Gasteiger partial charge in [-0.05, 0) is 38.3 Å². The Morgan fingerprint density at radius 3 is 3.00 bits per heavy atom. The molecule has 0 spiro atoms. The van der Waals surface area contributed by atoms with Crippen molar-refractivity contribution in [3.05, 3.63) is 30.1 Å². The molecule has 98 valence electrons. The maximum atomic E-state index is 12.1. The van der Waals surface area contributed by atoms with Crippen LogP contribution < -0.4 is 11.1 Å². The molecule has 0 bridgehead atoms. The minimum atomic E-state index is -0.0446. The van der Waals surface area contributed by atoms with Crippen molar-refractivity contribution in [3.8, 4) is 0 Å². The van der Waals surface area contributed by atoms with E-state index in [1.54, 1.807) is 6.20 Å². The van der Waals surface area contributed by atoms with Crippen LogP contribution in [0.25, 0.3) is 0 Å². The van der Waals surface area contributed by atoms with E-state index >= 15 is 0 Å². The van der Waals surface area contributed by atoms with Crippen molar-refractivity contribution in [2.75, 3.05) is 0 Å². The van der Waals surface area contributed by atoms with Crippen LogP contribution in [0.1, 0.15) is 44.3 Å². The Morgan fingerprint density at radius 1 is 1.50 bits per heavy atom. The number of rotatable bonds is 3. The fraction of sp³-hybridized carbons (Fsp3) is 0.571. The number of nitrogens with zero attached hydrogens (tertiary/aromatic N) is 1. The summed E-state index contributed by atoms with van der Waals surface area (Å²) in [5.74, 6) is 0.184. The Labute approximate surface area is 108 Å². The Morgan fingerprint density at radius 2 is 2.33 bits per heavy atom. The highest BCUT2D eigenvalue weighted by Gasteiger charge is 2.26. The van der Waals surface area contributed by atoms with E-state index in [4.69, 9.17) is 5.73 Å². The van der Waals surface area contributed by atoms with Gasteiger partial charge in [0.2, 0.25) is 5.91 Å². The molecule has 3 atom stereocenters. The molecule has 2 unspecified atom stereocenters. The summed E-state index contributed by atoms with van der Waals surface area (Å²) >= 11 is 0. The summed E-state index contributed by atoms with van der Waals surface area (Å²) in [6.45, 7) is 1.96. The molecule has 1 fully saturated rings. The second kappa shape index (κ2) is 5.96. The molecule has 1 aromatic heterocycles. The van der Waals surface area contributed by atoms with Crippen molar-refractivity contribution in [3.63, 3.8) is 0 Å². The van der Waals surface area contributed by atoms with Crippen LogP contribution in [0.4, 0.5) is 0 Å². The minimum absolute atomic E-state index is 0.0446. The second-order valence-electron chi connectivity index (χ2n) is 5.11. The van der Waals surface area contributed by atoms with Crippen LogP contribution in [0, 0.1) is 5.92 Å². The van der Waals surface area contributed by atoms with Gasteiger partial charge in [0.25, 0.3) is 0 Å². The number of amides is 1. The van der Waals surface area contributed by atoms with E-state index in [0.29, 0.717) is 0 Å². The van der Waals surface area contributed by atoms with E-state index in [9.17, 15) is 4.79 Å². The first-order valence-electron chi connectivity index (χ1n) is 6.63. The summed E-state index contributed by atoms with van der Waals surface area (Å²) in [5, 5.41) is 3.03. The standard InChI is InChI=1S/C14H21N3O/c1-10(13-7-2-3-8-16-13)17-14(18)11-5-4-6-12(15)9-11/h2-3,7-8,10-12H,4-6,9,15H2,1H3,(H,17,18)/t10-,11?,12?/m1/s1. The van der Waals surface area contributed by atoms with Crippen LogP contribution in [-0.4, -0.2) is 16.9 Å². The number of carbonyl (C=O) groups excluding carboxylic acids is 1. The number of nitrogens with one attached hydrogen (secondary N) is 1. The maximum absolute atomic E-state index is 12.1. The minimum Gasteiger partial charge on any atom is -0.348 e. The largest absolute Gasteiger partial charge is 0.348 e. The van der Waals surface area contributed by atoms with Crippen LogP contribution >= 0.6 is 0 Å². The number of carbonyl (C=O) groups is 1. The van der Waals surface area contributed by atoms with E-state index in [2.05, 4.69) is 10.3 Å². The molecule has 18 heavy (non-hydrogen) atoms. The summed E-state index contributed by atoms with van der Waals surface area (Å²) in [7, 11) is 0. The summed E-state index contributed by atoms with van der Waals surface area (Å²) in [5.41, 5.74) is 6.81. The lowest BCUT2D eigenvalue weighted by Gasteiger charge is -2.26. The van der Waals surface area contributed by atoms with E-state index in [1.807, 2.05) is 25.1 Å². The van der Waals surface area contributed by atoms with Gasteiger partial charge in [-0.2, -0.15) is 0 Å². The fourth-order valence-electron chi connectivity index (χ4n) is 2.50. The third-order valence-corrected chi connectivity index (χ3v) is 3.58. The van der Waals surface area contributed by atoms with Crippen molar-refractivity contribution in [1.29, 1.82) is 0 Å². The normalized spacial score (nSPS) is 25.4. The molecule has 1 heterocycles. The van der Waals surface area contributed by atoms with Crippen molar-refractivity contribution in [2.45, 2.75) is 44.7 Å². The van der Waals surface area contributed by atoms with Gasteiger partial charge in [0, 0.05) is 18.2 Å². The third kappa shape index (κ3) is 3.29. The molecule has 0 aromatic carbocycles. The van der Waals surface area contributed by atoms with Crippen LogP contribution in [0.2, 0.25) is 0 Å². The van der Waals surface area contributed by atoms with E-state index in [0.717, 1.165) is 31.4 Å². The quantitative estimate of drug-likeness (QED) is 0.855. The number of pyridine rings is 1. The van der Waals surface area contributed by atoms with Crippen LogP contribution in [-0.2, 0) is 4.79 Å². The SMILES string of the molecule is C[C@@H](NC(=O)C1CCCC(N)C1)c1ccccn1. The monoisotopic (exact) mass is 247 g/mol. The molecule has 4 heteroatoms. The molecule has 0 radical (unpaired) electrons. The zero-order valence-electron chi connectivity index (χ0n) is 10.8. The molecule has 1 aliphatic carbocycles. The summed E-state index contributed by atoms with van der Waals surface area (Å²) in [4.78, 5) is 16.4. The smallest absolute Gasteiger partial charge is 0.223 e. The van der Waals surface area contributed by atoms with Crippen molar-refractivity contribution >= 4 is 5.91 Å². The van der Waals surface area contributed by atoms with Gasteiger partial charge in [-0.25, -0.2) is 0 Å². The molecule has 1 aromatic rings. The maximum Gasteiger partial charge on any atom is 0.223 e. The lowest BCUT2D eigenvalue weighted by molar-refractivity contribution is -0.126. The number of hydrogen-bond donors (Lipinski definition) is 2. The van der Waals surface area contributed by atoms with Gasteiger partial charge in [-0.15, -0.1) is 0 Å². The van der Waals surface area contributed by atoms with E-state index < -0.39 is 0 Å². The van der Waals surface area contributed by atoms with Gasteiger partial charge < -0.3 is 11.1 Å². The molecule has 0 saturated heterocycles. The lowest BCUT2D eigenvalue weighted by atomic mass is 9.85. The highest BCUT2D eigenvalue weighted by molar-refractivity contribution is 5.79. The second-order valence-corrected chi connectivity index (χ2v) is 5.11. The first-order valence-corrected chi connectivity index (χ1v) is 6.63. The van der Waals surface area contributed by atoms with Gasteiger partial charge in [0.1, 0.15) is 0 Å². The number of nitrogens with two attached hydrogens (primary N) is 1. The van der Waals surface area contributed by atoms with E-state index in [-0.39, 0.29) is 23.9 Å². The van der Waals surface area contributed by atoms with E-state index in [1.165, 1.54) is 0 Å². The highest BCUT2D eigenvalue weighted by atomic mass is 16.1. The molecular formula is C14H21N3O. The van der Waals surface area contributed by atoms with Crippen molar-refractivity contribution in [2.24, 2.45) is 11.7 Å². The zero-order chi connectivity index (χ0) is 13.0. The zero-order valence-corrected chi connectivity index (χ0v) is 10.8. The Kier molecular flexibility index (Phi) is 4.31. The van der Waals surface area contributed by atoms with Gasteiger partial charge >= 0.3 is 0 Å². The molecule has 1 aliphatic rings. The summed E-state index contributed by atoms with van der Waals surface area (Å²) in [6, 6.07) is 5.87. The Bertz CT molecular complexity index is 393. The van der Waals surface area contributed by atoms with Crippen LogP contribution in [0.3, 0.4) is 0 Å². The van der Waals surface area contributed by atoms with Crippen molar-refractivity contribution < 1.29 is 4.79 Å². The molecule has 1 amide bonds. The molecule has 0 aliphatic heterocycles. The predicted octanol–water partition coefficient (Wildman–Crippen LogP) is 1.78. The molecule has 2 rings (SSSR count). The number of aromatic nitrogens is 1. The first kappa shape index (κ1) is 13.0. The molecule has 1 saturated carbocycles. The predicted molar refractivity (Wildman–Crippen MR) is 70.7 cm³/mol. The Hall–Kier alpha value is -1.42. The average Bonchev–Trinajstić information content (AvgIpc) is 2.39. The summed E-state index contributed by atoms with van der Waals surface area (Å²) < 4.78 is 0.